The average molecular weight is 540 g/mol. The third-order valence-electron chi connectivity index (χ3n) is 5.80. The Morgan fingerprint density at radius 1 is 0.919 bits per heavy atom. The number of rotatable bonds is 9. The van der Waals surface area contributed by atoms with Crippen molar-refractivity contribution in [2.24, 2.45) is 5.41 Å². The van der Waals surface area contributed by atoms with Crippen molar-refractivity contribution in [2.75, 3.05) is 19.8 Å². The molecular weight excluding hydrogens is 520 g/mol. The summed E-state index contributed by atoms with van der Waals surface area (Å²) in [5.74, 6) is -10.9. The Balaban J connectivity index is 1.56. The fourth-order valence-corrected chi connectivity index (χ4v) is 4.07. The van der Waals surface area contributed by atoms with Crippen molar-refractivity contribution >= 4 is 0 Å². The minimum absolute atomic E-state index is 0.101. The van der Waals surface area contributed by atoms with Crippen LogP contribution in [0.5, 0.6) is 11.5 Å². The SMILES string of the molecule is CCCC12COC(C(F)(F)Oc3cc(F)c(-c4cc(F)c(OC=CC(F)F)c(F)c4)c(F)c3)(OC1)OC2. The van der Waals surface area contributed by atoms with Crippen LogP contribution in [0.2, 0.25) is 0 Å². The summed E-state index contributed by atoms with van der Waals surface area (Å²) in [7, 11) is 0. The van der Waals surface area contributed by atoms with Gasteiger partial charge in [-0.25, -0.2) is 26.3 Å². The summed E-state index contributed by atoms with van der Waals surface area (Å²) >= 11 is 0. The lowest BCUT2D eigenvalue weighted by Gasteiger charge is -2.52. The molecule has 0 aliphatic carbocycles. The van der Waals surface area contributed by atoms with E-state index in [2.05, 4.69) is 9.47 Å². The Hall–Kier alpha value is -2.90. The molecule has 0 amide bonds. The molecular formula is C24H20F8O5. The van der Waals surface area contributed by atoms with Gasteiger partial charge in [-0.2, -0.15) is 8.78 Å². The predicted octanol–water partition coefficient (Wildman–Crippen LogP) is 6.56. The fourth-order valence-electron chi connectivity index (χ4n) is 4.07. The van der Waals surface area contributed by atoms with E-state index in [1.54, 1.807) is 0 Å². The molecule has 3 aliphatic heterocycles. The largest absolute Gasteiger partial charge is 0.484 e. The fraction of sp³-hybridized carbons (Fsp3) is 0.417. The van der Waals surface area contributed by atoms with Gasteiger partial charge in [-0.3, -0.25) is 0 Å². The molecule has 0 unspecified atom stereocenters. The monoisotopic (exact) mass is 540 g/mol. The highest BCUT2D eigenvalue weighted by molar-refractivity contribution is 5.67. The number of hydrogen-bond acceptors (Lipinski definition) is 5. The third kappa shape index (κ3) is 5.25. The van der Waals surface area contributed by atoms with E-state index < -0.39 is 69.8 Å². The van der Waals surface area contributed by atoms with Crippen LogP contribution in [0.4, 0.5) is 35.1 Å². The molecule has 3 fully saturated rings. The number of benzene rings is 2. The summed E-state index contributed by atoms with van der Waals surface area (Å²) in [6, 6.07) is 1.71. The number of hydrogen-bond donors (Lipinski definition) is 0. The first-order valence-corrected chi connectivity index (χ1v) is 11.0. The highest BCUT2D eigenvalue weighted by Crippen LogP contribution is 2.48. The maximum Gasteiger partial charge on any atom is 0.484 e. The first-order valence-electron chi connectivity index (χ1n) is 11.0. The van der Waals surface area contributed by atoms with E-state index in [0.29, 0.717) is 36.9 Å². The van der Waals surface area contributed by atoms with Gasteiger partial charge in [0, 0.05) is 23.6 Å². The molecule has 0 spiro atoms. The number of halogens is 8. The van der Waals surface area contributed by atoms with Gasteiger partial charge in [-0.15, -0.1) is 0 Å². The minimum Gasteiger partial charge on any atom is -0.459 e. The minimum atomic E-state index is -4.34. The molecule has 5 nitrogen and oxygen atoms in total. The lowest BCUT2D eigenvalue weighted by molar-refractivity contribution is -0.548. The van der Waals surface area contributed by atoms with Gasteiger partial charge in [0.2, 0.25) is 0 Å². The van der Waals surface area contributed by atoms with Crippen LogP contribution in [0.25, 0.3) is 11.1 Å². The Kier molecular flexibility index (Phi) is 7.41. The summed E-state index contributed by atoms with van der Waals surface area (Å²) < 4.78 is 137. The van der Waals surface area contributed by atoms with Gasteiger partial charge in [0.15, 0.2) is 17.4 Å². The lowest BCUT2D eigenvalue weighted by atomic mass is 9.84. The molecule has 5 rings (SSSR count). The van der Waals surface area contributed by atoms with Crippen LogP contribution >= 0.6 is 0 Å². The molecule has 0 N–H and O–H groups in total. The van der Waals surface area contributed by atoms with Gasteiger partial charge in [-0.1, -0.05) is 13.3 Å². The first-order chi connectivity index (χ1) is 17.4. The number of alkyl halides is 4. The Morgan fingerprint density at radius 3 is 1.95 bits per heavy atom. The molecule has 0 radical (unpaired) electrons. The zero-order valence-electron chi connectivity index (χ0n) is 19.1. The average Bonchev–Trinajstić information content (AvgIpc) is 2.81. The molecule has 2 bridgehead atoms. The zero-order chi connectivity index (χ0) is 27.0. The van der Waals surface area contributed by atoms with Crippen molar-refractivity contribution in [2.45, 2.75) is 38.3 Å². The Bertz CT molecular complexity index is 1120. The topological polar surface area (TPSA) is 46.2 Å². The molecule has 3 heterocycles. The van der Waals surface area contributed by atoms with E-state index in [1.165, 1.54) is 0 Å². The van der Waals surface area contributed by atoms with Crippen molar-refractivity contribution in [1.29, 1.82) is 0 Å². The normalized spacial score (nSPS) is 23.7. The van der Waals surface area contributed by atoms with E-state index in [1.807, 2.05) is 6.92 Å². The van der Waals surface area contributed by atoms with Crippen LogP contribution in [0.15, 0.2) is 36.6 Å². The number of ether oxygens (including phenoxy) is 5. The van der Waals surface area contributed by atoms with Crippen LogP contribution in [0.1, 0.15) is 19.8 Å². The van der Waals surface area contributed by atoms with Crippen LogP contribution in [-0.4, -0.2) is 38.3 Å². The van der Waals surface area contributed by atoms with E-state index in [-0.39, 0.29) is 25.9 Å². The van der Waals surface area contributed by atoms with E-state index in [9.17, 15) is 35.1 Å². The summed E-state index contributed by atoms with van der Waals surface area (Å²) in [4.78, 5) is 0. The van der Waals surface area contributed by atoms with E-state index in [4.69, 9.17) is 14.2 Å². The molecule has 202 valence electrons. The molecule has 0 atom stereocenters. The molecule has 13 heteroatoms. The third-order valence-corrected chi connectivity index (χ3v) is 5.80. The van der Waals surface area contributed by atoms with Gasteiger partial charge in [0.05, 0.1) is 31.6 Å². The van der Waals surface area contributed by atoms with Gasteiger partial charge >= 0.3 is 12.1 Å². The molecule has 0 saturated carbocycles. The second kappa shape index (κ2) is 10.1. The highest BCUT2D eigenvalue weighted by Gasteiger charge is 2.68. The van der Waals surface area contributed by atoms with Crippen molar-refractivity contribution < 1.29 is 58.8 Å². The van der Waals surface area contributed by atoms with Crippen molar-refractivity contribution in [1.82, 2.24) is 0 Å². The highest BCUT2D eigenvalue weighted by atomic mass is 19.3. The Labute approximate surface area is 205 Å². The van der Waals surface area contributed by atoms with Crippen molar-refractivity contribution in [3.05, 3.63) is 59.9 Å². The lowest BCUT2D eigenvalue weighted by Crippen LogP contribution is -2.68. The zero-order valence-corrected chi connectivity index (χ0v) is 19.1. The number of allylic oxidation sites excluding steroid dienone is 1. The van der Waals surface area contributed by atoms with Crippen molar-refractivity contribution in [3.63, 3.8) is 0 Å². The van der Waals surface area contributed by atoms with Crippen LogP contribution in [0, 0.1) is 28.7 Å². The Morgan fingerprint density at radius 2 is 1.46 bits per heavy atom. The van der Waals surface area contributed by atoms with E-state index >= 15 is 0 Å². The maximum absolute atomic E-state index is 15.0. The maximum atomic E-state index is 15.0. The van der Waals surface area contributed by atoms with Crippen molar-refractivity contribution in [3.8, 4) is 22.6 Å². The summed E-state index contributed by atoms with van der Waals surface area (Å²) in [6.07, 6.45) is -5.39. The van der Waals surface area contributed by atoms with Crippen LogP contribution in [0.3, 0.4) is 0 Å². The molecule has 2 aromatic rings. The quantitative estimate of drug-likeness (QED) is 0.267. The molecule has 3 saturated heterocycles. The number of fused-ring (bicyclic) bond motifs is 3. The van der Waals surface area contributed by atoms with Gasteiger partial charge in [-0.05, 0) is 24.1 Å². The van der Waals surface area contributed by atoms with Crippen LogP contribution < -0.4 is 9.47 Å². The molecule has 37 heavy (non-hydrogen) atoms. The van der Waals surface area contributed by atoms with Gasteiger partial charge < -0.3 is 23.7 Å². The molecule has 0 aromatic heterocycles. The second-order valence-corrected chi connectivity index (χ2v) is 8.60. The van der Waals surface area contributed by atoms with E-state index in [0.717, 1.165) is 6.42 Å². The standard InChI is InChI=1S/C24H20F8O5/c1-2-4-22-10-34-24(35-11-22,36-12-22)23(31,32)37-14-8-15(25)20(16(26)9-14)13-6-17(27)21(18(28)7-13)33-5-3-19(29)30/h3,5-9,19H,2,4,10-12H2,1H3. The van der Waals surface area contributed by atoms with Gasteiger partial charge in [0.25, 0.3) is 6.43 Å². The summed E-state index contributed by atoms with van der Waals surface area (Å²) in [5, 5.41) is 0. The second-order valence-electron chi connectivity index (χ2n) is 8.60. The smallest absolute Gasteiger partial charge is 0.459 e. The first kappa shape index (κ1) is 27.1. The predicted molar refractivity (Wildman–Crippen MR) is 111 cm³/mol. The van der Waals surface area contributed by atoms with Gasteiger partial charge in [0.1, 0.15) is 17.4 Å². The summed E-state index contributed by atoms with van der Waals surface area (Å²) in [5.41, 5.74) is -2.21. The molecule has 2 aromatic carbocycles. The summed E-state index contributed by atoms with van der Waals surface area (Å²) in [6.45, 7) is 1.59. The van der Waals surface area contributed by atoms with Crippen LogP contribution in [-0.2, 0) is 14.2 Å². The molecule has 3 aliphatic rings.